The number of benzene rings is 2. The quantitative estimate of drug-likeness (QED) is 0.457. The van der Waals surface area contributed by atoms with Crippen LogP contribution >= 0.6 is 22.9 Å². The van der Waals surface area contributed by atoms with E-state index in [1.807, 2.05) is 12.3 Å². The summed E-state index contributed by atoms with van der Waals surface area (Å²) in [7, 11) is 1.67. The maximum atomic E-state index is 6.50. The molecule has 132 valence electrons. The minimum absolute atomic E-state index is 0.0538. The van der Waals surface area contributed by atoms with Gasteiger partial charge in [0.25, 0.3) is 0 Å². The van der Waals surface area contributed by atoms with Crippen LogP contribution in [0.4, 0.5) is 0 Å². The van der Waals surface area contributed by atoms with Crippen molar-refractivity contribution in [2.45, 2.75) is 19.4 Å². The fourth-order valence-electron chi connectivity index (χ4n) is 3.34. The van der Waals surface area contributed by atoms with E-state index in [4.69, 9.17) is 22.1 Å². The number of rotatable bonds is 4. The summed E-state index contributed by atoms with van der Waals surface area (Å²) >= 11 is 8.17. The summed E-state index contributed by atoms with van der Waals surface area (Å²) in [6.07, 6.45) is 2.79. The van der Waals surface area contributed by atoms with E-state index >= 15 is 0 Å². The molecular weight excluding hydrogens is 364 g/mol. The van der Waals surface area contributed by atoms with Gasteiger partial charge in [0.2, 0.25) is 0 Å². The van der Waals surface area contributed by atoms with Crippen molar-refractivity contribution in [2.75, 3.05) is 7.11 Å². The number of nitrogens with two attached hydrogens (primary N) is 1. The largest absolute Gasteiger partial charge is 0.496 e. The molecule has 0 fully saturated rings. The molecule has 0 saturated carbocycles. The molecule has 5 heteroatoms. The van der Waals surface area contributed by atoms with E-state index in [0.29, 0.717) is 5.02 Å². The Morgan fingerprint density at radius 2 is 2.00 bits per heavy atom. The van der Waals surface area contributed by atoms with Crippen LogP contribution in [0.2, 0.25) is 5.02 Å². The maximum absolute atomic E-state index is 6.50. The molecule has 0 aliphatic rings. The van der Waals surface area contributed by atoms with Crippen LogP contribution < -0.4 is 10.5 Å². The first kappa shape index (κ1) is 17.3. The number of methoxy groups -OCH3 is 1. The number of hydrogen-bond donors (Lipinski definition) is 1. The molecule has 2 heterocycles. The van der Waals surface area contributed by atoms with Crippen molar-refractivity contribution < 1.29 is 4.74 Å². The van der Waals surface area contributed by atoms with Crippen molar-refractivity contribution in [3.05, 3.63) is 58.6 Å². The van der Waals surface area contributed by atoms with E-state index in [9.17, 15) is 0 Å². The second kappa shape index (κ2) is 6.88. The van der Waals surface area contributed by atoms with Crippen LogP contribution in [0.25, 0.3) is 32.1 Å². The summed E-state index contributed by atoms with van der Waals surface area (Å²) in [6, 6.07) is 12.4. The Balaban J connectivity index is 2.04. The molecule has 0 aliphatic carbocycles. The van der Waals surface area contributed by atoms with Crippen LogP contribution in [0.5, 0.6) is 5.75 Å². The topological polar surface area (TPSA) is 48.1 Å². The van der Waals surface area contributed by atoms with Gasteiger partial charge in [-0.3, -0.25) is 4.98 Å². The van der Waals surface area contributed by atoms with Gasteiger partial charge in [-0.2, -0.15) is 0 Å². The van der Waals surface area contributed by atoms with Gasteiger partial charge in [0.15, 0.2) is 0 Å². The fraction of sp³-hybridized carbons (Fsp3) is 0.190. The number of hydrogen-bond acceptors (Lipinski definition) is 4. The van der Waals surface area contributed by atoms with E-state index in [1.54, 1.807) is 18.4 Å². The number of halogens is 1. The molecule has 0 aliphatic heterocycles. The van der Waals surface area contributed by atoms with Crippen LogP contribution in [0.3, 0.4) is 0 Å². The lowest BCUT2D eigenvalue weighted by molar-refractivity contribution is 0.417. The summed E-state index contributed by atoms with van der Waals surface area (Å²) in [4.78, 5) is 4.60. The van der Waals surface area contributed by atoms with E-state index in [0.717, 1.165) is 49.8 Å². The SMILES string of the molecule is CC[C@@H](N)c1ccc(-c2c(OC)cc(Cl)c3ncc4sccc4c23)cc1. The van der Waals surface area contributed by atoms with Crippen molar-refractivity contribution in [3.8, 4) is 16.9 Å². The molecule has 2 aromatic carbocycles. The van der Waals surface area contributed by atoms with Crippen molar-refractivity contribution in [2.24, 2.45) is 5.73 Å². The van der Waals surface area contributed by atoms with Crippen LogP contribution in [-0.4, -0.2) is 12.1 Å². The Kier molecular flexibility index (Phi) is 4.57. The molecule has 4 rings (SSSR count). The molecule has 0 radical (unpaired) electrons. The second-order valence-corrected chi connectivity index (χ2v) is 7.61. The van der Waals surface area contributed by atoms with Crippen LogP contribution in [0.1, 0.15) is 24.9 Å². The lowest BCUT2D eigenvalue weighted by Crippen LogP contribution is -2.08. The minimum Gasteiger partial charge on any atom is -0.496 e. The highest BCUT2D eigenvalue weighted by Crippen LogP contribution is 2.44. The van der Waals surface area contributed by atoms with Gasteiger partial charge >= 0.3 is 0 Å². The normalized spacial score (nSPS) is 12.6. The number of aromatic nitrogens is 1. The molecule has 4 aromatic rings. The third kappa shape index (κ3) is 2.75. The highest BCUT2D eigenvalue weighted by atomic mass is 35.5. The maximum Gasteiger partial charge on any atom is 0.128 e. The molecule has 0 saturated heterocycles. The van der Waals surface area contributed by atoms with Gasteiger partial charge < -0.3 is 10.5 Å². The van der Waals surface area contributed by atoms with E-state index in [1.165, 1.54) is 0 Å². The molecule has 1 atom stereocenters. The van der Waals surface area contributed by atoms with Crippen LogP contribution in [-0.2, 0) is 0 Å². The van der Waals surface area contributed by atoms with Gasteiger partial charge in [0, 0.05) is 34.6 Å². The molecular formula is C21H19ClN2OS. The summed E-state index contributed by atoms with van der Waals surface area (Å²) in [5.74, 6) is 0.746. The van der Waals surface area contributed by atoms with Crippen molar-refractivity contribution >= 4 is 43.9 Å². The van der Waals surface area contributed by atoms with Gasteiger partial charge in [0.1, 0.15) is 5.75 Å². The zero-order chi connectivity index (χ0) is 18.3. The molecule has 26 heavy (non-hydrogen) atoms. The number of nitrogens with zero attached hydrogens (tertiary/aromatic N) is 1. The number of thiophene rings is 1. The summed E-state index contributed by atoms with van der Waals surface area (Å²) < 4.78 is 6.81. The third-order valence-electron chi connectivity index (χ3n) is 4.78. The highest BCUT2D eigenvalue weighted by molar-refractivity contribution is 7.17. The summed E-state index contributed by atoms with van der Waals surface area (Å²) in [6.45, 7) is 2.09. The number of ether oxygens (including phenoxy) is 1. The average Bonchev–Trinajstić information content (AvgIpc) is 3.16. The Morgan fingerprint density at radius 3 is 2.69 bits per heavy atom. The van der Waals surface area contributed by atoms with Crippen molar-refractivity contribution in [1.29, 1.82) is 0 Å². The van der Waals surface area contributed by atoms with E-state index in [-0.39, 0.29) is 6.04 Å². The van der Waals surface area contributed by atoms with Crippen molar-refractivity contribution in [3.63, 3.8) is 0 Å². The molecule has 2 aromatic heterocycles. The number of pyridine rings is 1. The van der Waals surface area contributed by atoms with Crippen LogP contribution in [0, 0.1) is 0 Å². The predicted molar refractivity (Wildman–Crippen MR) is 111 cm³/mol. The van der Waals surface area contributed by atoms with Gasteiger partial charge in [-0.1, -0.05) is 42.8 Å². The zero-order valence-corrected chi connectivity index (χ0v) is 16.2. The third-order valence-corrected chi connectivity index (χ3v) is 5.92. The smallest absolute Gasteiger partial charge is 0.128 e. The van der Waals surface area contributed by atoms with Gasteiger partial charge in [-0.15, -0.1) is 11.3 Å². The van der Waals surface area contributed by atoms with Crippen LogP contribution in [0.15, 0.2) is 48.0 Å². The molecule has 3 nitrogen and oxygen atoms in total. The number of fused-ring (bicyclic) bond motifs is 3. The standard InChI is InChI=1S/C21H19ClN2OS/c1-3-16(23)12-4-6-13(7-5-12)19-17(25-2)10-15(22)21-20(19)14-8-9-26-18(14)11-24-21/h4-11,16H,3,23H2,1-2H3/t16-/m1/s1. The van der Waals surface area contributed by atoms with Gasteiger partial charge in [0.05, 0.1) is 22.3 Å². The highest BCUT2D eigenvalue weighted by Gasteiger charge is 2.18. The lowest BCUT2D eigenvalue weighted by atomic mass is 9.95. The first-order valence-corrected chi connectivity index (χ1v) is 9.78. The fourth-order valence-corrected chi connectivity index (χ4v) is 4.34. The predicted octanol–water partition coefficient (Wildman–Crippen LogP) is 6.19. The van der Waals surface area contributed by atoms with E-state index in [2.05, 4.69) is 47.6 Å². The Labute approximate surface area is 161 Å². The first-order chi connectivity index (χ1) is 12.6. The Morgan fingerprint density at radius 1 is 1.23 bits per heavy atom. The van der Waals surface area contributed by atoms with Gasteiger partial charge in [-0.05, 0) is 29.0 Å². The lowest BCUT2D eigenvalue weighted by Gasteiger charge is -2.15. The molecule has 0 spiro atoms. The van der Waals surface area contributed by atoms with E-state index < -0.39 is 0 Å². The monoisotopic (exact) mass is 382 g/mol. The molecule has 0 unspecified atom stereocenters. The zero-order valence-electron chi connectivity index (χ0n) is 14.6. The van der Waals surface area contributed by atoms with Crippen molar-refractivity contribution in [1.82, 2.24) is 4.98 Å². The average molecular weight is 383 g/mol. The second-order valence-electron chi connectivity index (χ2n) is 6.25. The Hall–Kier alpha value is -2.14. The minimum atomic E-state index is 0.0538. The molecule has 0 bridgehead atoms. The first-order valence-electron chi connectivity index (χ1n) is 8.52. The Bertz CT molecular complexity index is 1090. The molecule has 0 amide bonds. The molecule has 2 N–H and O–H groups in total. The van der Waals surface area contributed by atoms with Gasteiger partial charge in [-0.25, -0.2) is 0 Å². The summed E-state index contributed by atoms with van der Waals surface area (Å²) in [5.41, 5.74) is 10.2. The summed E-state index contributed by atoms with van der Waals surface area (Å²) in [5, 5.41) is 4.84.